The zero-order valence-corrected chi connectivity index (χ0v) is 12.5. The molecule has 2 aliphatic rings. The van der Waals surface area contributed by atoms with E-state index >= 15 is 0 Å². The number of rotatable bonds is 4. The van der Waals surface area contributed by atoms with Crippen LogP contribution in [0.15, 0.2) is 6.20 Å². The molecule has 1 aliphatic heterocycles. The maximum absolute atomic E-state index is 4.73. The van der Waals surface area contributed by atoms with Crippen LogP contribution >= 0.6 is 0 Å². The molecule has 2 fully saturated rings. The number of aromatic amines is 2. The van der Waals surface area contributed by atoms with Gasteiger partial charge in [0.25, 0.3) is 0 Å². The number of nitrogens with one attached hydrogen (secondary N) is 2. The Morgan fingerprint density at radius 1 is 1.24 bits per heavy atom. The third-order valence-electron chi connectivity index (χ3n) is 4.67. The number of hydrogen-bond donors (Lipinski definition) is 2. The molecule has 1 aliphatic carbocycles. The molecule has 0 bridgehead atoms. The van der Waals surface area contributed by atoms with Gasteiger partial charge in [-0.3, -0.25) is 15.1 Å². The van der Waals surface area contributed by atoms with Gasteiger partial charge in [-0.15, -0.1) is 0 Å². The molecule has 0 aromatic carbocycles. The predicted octanol–water partition coefficient (Wildman–Crippen LogP) is 2.09. The van der Waals surface area contributed by atoms with E-state index in [4.69, 9.17) is 4.98 Å². The summed E-state index contributed by atoms with van der Waals surface area (Å²) in [5.74, 6) is 3.23. The topological polar surface area (TPSA) is 73.5 Å². The maximum Gasteiger partial charge on any atom is 0.155 e. The number of nitrogens with zero attached hydrogens (tertiary/aromatic N) is 4. The summed E-state index contributed by atoms with van der Waals surface area (Å²) in [6.45, 7) is 5.25. The molecule has 3 heterocycles. The fourth-order valence-electron chi connectivity index (χ4n) is 3.18. The Hall–Kier alpha value is -1.69. The van der Waals surface area contributed by atoms with Crippen molar-refractivity contribution in [2.45, 2.75) is 51.0 Å². The number of piperidine rings is 1. The average molecular weight is 286 g/mol. The molecule has 21 heavy (non-hydrogen) atoms. The monoisotopic (exact) mass is 286 g/mol. The minimum Gasteiger partial charge on any atom is -0.297 e. The predicted molar refractivity (Wildman–Crippen MR) is 78.9 cm³/mol. The van der Waals surface area contributed by atoms with Gasteiger partial charge in [-0.25, -0.2) is 4.98 Å². The van der Waals surface area contributed by atoms with E-state index in [0.29, 0.717) is 11.8 Å². The molecule has 2 aromatic heterocycles. The summed E-state index contributed by atoms with van der Waals surface area (Å²) in [7, 11) is 0. The maximum atomic E-state index is 4.73. The molecule has 0 amide bonds. The summed E-state index contributed by atoms with van der Waals surface area (Å²) in [6, 6.07) is 0. The van der Waals surface area contributed by atoms with E-state index in [-0.39, 0.29) is 0 Å². The van der Waals surface area contributed by atoms with Gasteiger partial charge in [0.05, 0.1) is 11.9 Å². The van der Waals surface area contributed by atoms with Crippen LogP contribution in [0, 0.1) is 6.92 Å². The van der Waals surface area contributed by atoms with Crippen LogP contribution < -0.4 is 0 Å². The normalized spacial score (nSPS) is 23.6. The lowest BCUT2D eigenvalue weighted by Crippen LogP contribution is -2.34. The first-order valence-electron chi connectivity index (χ1n) is 7.93. The molecule has 1 saturated carbocycles. The fourth-order valence-corrected chi connectivity index (χ4v) is 3.18. The van der Waals surface area contributed by atoms with E-state index < -0.39 is 0 Å². The molecule has 4 rings (SSSR count). The van der Waals surface area contributed by atoms with Gasteiger partial charge in [0.1, 0.15) is 5.82 Å². The Kier molecular flexibility index (Phi) is 3.25. The van der Waals surface area contributed by atoms with Gasteiger partial charge in [0.15, 0.2) is 5.82 Å². The van der Waals surface area contributed by atoms with Crippen LogP contribution in [0.25, 0.3) is 0 Å². The van der Waals surface area contributed by atoms with Crippen molar-refractivity contribution in [2.75, 3.05) is 13.1 Å². The van der Waals surface area contributed by atoms with Crippen molar-refractivity contribution in [3.63, 3.8) is 0 Å². The lowest BCUT2D eigenvalue weighted by atomic mass is 9.97. The molecule has 1 atom stereocenters. The summed E-state index contributed by atoms with van der Waals surface area (Å²) in [5, 5.41) is 14.8. The van der Waals surface area contributed by atoms with Crippen LogP contribution in [0.4, 0.5) is 0 Å². The van der Waals surface area contributed by atoms with Gasteiger partial charge < -0.3 is 0 Å². The van der Waals surface area contributed by atoms with E-state index in [2.05, 4.69) is 32.2 Å². The summed E-state index contributed by atoms with van der Waals surface area (Å²) >= 11 is 0. The number of H-pyrrole nitrogens is 2. The molecular weight excluding hydrogens is 264 g/mol. The second-order valence-corrected chi connectivity index (χ2v) is 6.46. The van der Waals surface area contributed by atoms with Gasteiger partial charge in [0, 0.05) is 24.9 Å². The number of hydrogen-bond acceptors (Lipinski definition) is 4. The van der Waals surface area contributed by atoms with E-state index in [1.54, 1.807) is 0 Å². The van der Waals surface area contributed by atoms with Crippen LogP contribution in [0.1, 0.15) is 60.4 Å². The average Bonchev–Trinajstić information content (AvgIpc) is 3.09. The smallest absolute Gasteiger partial charge is 0.155 e. The van der Waals surface area contributed by atoms with Gasteiger partial charge in [-0.05, 0) is 44.7 Å². The van der Waals surface area contributed by atoms with Crippen molar-refractivity contribution >= 4 is 0 Å². The second kappa shape index (κ2) is 5.26. The number of aromatic nitrogens is 5. The molecule has 112 valence electrons. The first kappa shape index (κ1) is 13.0. The molecule has 0 radical (unpaired) electrons. The molecule has 6 nitrogen and oxygen atoms in total. The van der Waals surface area contributed by atoms with Gasteiger partial charge in [-0.2, -0.15) is 10.2 Å². The van der Waals surface area contributed by atoms with Crippen LogP contribution in [0.3, 0.4) is 0 Å². The summed E-state index contributed by atoms with van der Waals surface area (Å²) in [4.78, 5) is 7.22. The van der Waals surface area contributed by atoms with Gasteiger partial charge >= 0.3 is 0 Å². The Morgan fingerprint density at radius 2 is 2.14 bits per heavy atom. The van der Waals surface area contributed by atoms with Crippen molar-refractivity contribution in [2.24, 2.45) is 0 Å². The molecule has 2 aromatic rings. The van der Waals surface area contributed by atoms with Gasteiger partial charge in [-0.1, -0.05) is 0 Å². The molecule has 6 heteroatoms. The highest BCUT2D eigenvalue weighted by molar-refractivity contribution is 5.14. The van der Waals surface area contributed by atoms with Crippen LogP contribution in [-0.2, 0) is 6.54 Å². The molecule has 1 unspecified atom stereocenters. The van der Waals surface area contributed by atoms with E-state index in [0.717, 1.165) is 31.3 Å². The standard InChI is InChI=1S/C15H22N6/c1-10-7-16-18-13(10)9-21-6-2-3-12(8-21)15-17-14(19-20-15)11-4-5-11/h7,11-12H,2-6,8-9H2,1H3,(H,16,18)(H,17,19,20). The number of likely N-dealkylation sites (tertiary alicyclic amines) is 1. The minimum absolute atomic E-state index is 0.464. The largest absolute Gasteiger partial charge is 0.297 e. The third-order valence-corrected chi connectivity index (χ3v) is 4.67. The third kappa shape index (κ3) is 2.72. The zero-order chi connectivity index (χ0) is 14.2. The fraction of sp³-hybridized carbons (Fsp3) is 0.667. The lowest BCUT2D eigenvalue weighted by molar-refractivity contribution is 0.194. The van der Waals surface area contributed by atoms with Crippen molar-refractivity contribution in [1.29, 1.82) is 0 Å². The zero-order valence-electron chi connectivity index (χ0n) is 12.5. The van der Waals surface area contributed by atoms with Crippen LogP contribution in [0.2, 0.25) is 0 Å². The van der Waals surface area contributed by atoms with E-state index in [1.807, 2.05) is 6.20 Å². The minimum atomic E-state index is 0.464. The molecule has 2 N–H and O–H groups in total. The second-order valence-electron chi connectivity index (χ2n) is 6.46. The highest BCUT2D eigenvalue weighted by Crippen LogP contribution is 2.38. The molecule has 1 saturated heterocycles. The summed E-state index contributed by atoms with van der Waals surface area (Å²) < 4.78 is 0. The molecular formula is C15H22N6. The summed E-state index contributed by atoms with van der Waals surface area (Å²) in [5.41, 5.74) is 2.47. The van der Waals surface area contributed by atoms with Crippen molar-refractivity contribution < 1.29 is 0 Å². The van der Waals surface area contributed by atoms with E-state index in [1.165, 1.54) is 36.9 Å². The molecule has 0 spiro atoms. The van der Waals surface area contributed by atoms with Crippen LogP contribution in [-0.4, -0.2) is 43.4 Å². The lowest BCUT2D eigenvalue weighted by Gasteiger charge is -2.31. The Labute approximate surface area is 124 Å². The SMILES string of the molecule is Cc1cn[nH]c1CN1CCCC(c2n[nH]c(C3CC3)n2)C1. The quantitative estimate of drug-likeness (QED) is 0.902. The number of aryl methyl sites for hydroxylation is 1. The van der Waals surface area contributed by atoms with E-state index in [9.17, 15) is 0 Å². The Morgan fingerprint density at radius 3 is 2.90 bits per heavy atom. The first-order chi connectivity index (χ1) is 10.3. The highest BCUT2D eigenvalue weighted by Gasteiger charge is 2.30. The highest BCUT2D eigenvalue weighted by atomic mass is 15.2. The Bertz CT molecular complexity index is 611. The Balaban J connectivity index is 1.43. The first-order valence-corrected chi connectivity index (χ1v) is 7.93. The summed E-state index contributed by atoms with van der Waals surface area (Å²) in [6.07, 6.45) is 6.84. The van der Waals surface area contributed by atoms with Crippen LogP contribution in [0.5, 0.6) is 0 Å². The van der Waals surface area contributed by atoms with Gasteiger partial charge in [0.2, 0.25) is 0 Å². The van der Waals surface area contributed by atoms with Crippen molar-refractivity contribution in [3.8, 4) is 0 Å². The van der Waals surface area contributed by atoms with Crippen molar-refractivity contribution in [3.05, 3.63) is 29.1 Å². The van der Waals surface area contributed by atoms with Crippen molar-refractivity contribution in [1.82, 2.24) is 30.3 Å².